The van der Waals surface area contributed by atoms with Crippen molar-refractivity contribution in [1.29, 1.82) is 0 Å². The van der Waals surface area contributed by atoms with Crippen LogP contribution in [0.15, 0.2) is 17.3 Å². The number of aromatic nitrogens is 1. The summed E-state index contributed by atoms with van der Waals surface area (Å²) < 4.78 is 13.2. The van der Waals surface area contributed by atoms with E-state index in [0.717, 1.165) is 75.5 Å². The van der Waals surface area contributed by atoms with Gasteiger partial charge in [0, 0.05) is 66.0 Å². The van der Waals surface area contributed by atoms with Crippen LogP contribution in [0.3, 0.4) is 0 Å². The molecule has 0 unspecified atom stereocenters. The van der Waals surface area contributed by atoms with Crippen molar-refractivity contribution in [2.24, 2.45) is 18.0 Å². The molecule has 0 spiro atoms. The molecule has 0 amide bonds. The third-order valence-electron chi connectivity index (χ3n) is 4.49. The Bertz CT molecular complexity index is 541. The number of nitrogens with zero attached hydrogens (tertiary/aromatic N) is 3. The minimum Gasteiger partial charge on any atom is -0.381 e. The third-order valence-corrected chi connectivity index (χ3v) is 4.70. The van der Waals surface area contributed by atoms with Crippen LogP contribution in [0.5, 0.6) is 0 Å². The quantitative estimate of drug-likeness (QED) is 0.434. The smallest absolute Gasteiger partial charge is 0.193 e. The molecule has 0 saturated carbocycles. The Labute approximate surface area is 156 Å². The molecule has 2 heterocycles. The fraction of sp³-hybridized carbons (Fsp3) is 0.722. The highest BCUT2D eigenvalue weighted by Crippen LogP contribution is 2.15. The number of hydrogen-bond acceptors (Lipinski definition) is 3. The van der Waals surface area contributed by atoms with Gasteiger partial charge in [-0.05, 0) is 31.2 Å². The number of ether oxygens (including phenoxy) is 2. The van der Waals surface area contributed by atoms with E-state index in [9.17, 15) is 0 Å². The highest BCUT2D eigenvalue weighted by molar-refractivity contribution is 6.30. The topological polar surface area (TPSA) is 51.0 Å². The van der Waals surface area contributed by atoms with Gasteiger partial charge in [-0.1, -0.05) is 11.6 Å². The van der Waals surface area contributed by atoms with Gasteiger partial charge in [-0.25, -0.2) is 0 Å². The van der Waals surface area contributed by atoms with Gasteiger partial charge in [0.05, 0.1) is 11.6 Å². The van der Waals surface area contributed by atoms with Crippen molar-refractivity contribution in [2.75, 3.05) is 47.1 Å². The van der Waals surface area contributed by atoms with Gasteiger partial charge in [-0.2, -0.15) is 0 Å². The van der Waals surface area contributed by atoms with Gasteiger partial charge in [0.25, 0.3) is 0 Å². The first-order valence-electron chi connectivity index (χ1n) is 8.98. The van der Waals surface area contributed by atoms with Crippen molar-refractivity contribution in [1.82, 2.24) is 14.8 Å². The van der Waals surface area contributed by atoms with E-state index in [1.807, 2.05) is 30.9 Å². The van der Waals surface area contributed by atoms with E-state index in [1.165, 1.54) is 0 Å². The van der Waals surface area contributed by atoms with Gasteiger partial charge >= 0.3 is 0 Å². The molecule has 7 heteroatoms. The van der Waals surface area contributed by atoms with Crippen LogP contribution >= 0.6 is 11.6 Å². The zero-order valence-corrected chi connectivity index (χ0v) is 16.4. The van der Waals surface area contributed by atoms with Crippen LogP contribution < -0.4 is 5.32 Å². The van der Waals surface area contributed by atoms with E-state index in [-0.39, 0.29) is 0 Å². The third kappa shape index (κ3) is 6.88. The summed E-state index contributed by atoms with van der Waals surface area (Å²) in [6.07, 6.45) is 5.13. The Balaban J connectivity index is 1.61. The molecule has 1 aliphatic rings. The first kappa shape index (κ1) is 20.1. The monoisotopic (exact) mass is 370 g/mol. The number of aliphatic imine (C=N–C) groups is 1. The van der Waals surface area contributed by atoms with E-state index in [4.69, 9.17) is 21.1 Å². The lowest BCUT2D eigenvalue weighted by atomic mass is 10.0. The minimum absolute atomic E-state index is 0.665. The van der Waals surface area contributed by atoms with E-state index in [2.05, 4.69) is 15.2 Å². The number of halogens is 1. The predicted octanol–water partition coefficient (Wildman–Crippen LogP) is 2.52. The number of guanidine groups is 1. The van der Waals surface area contributed by atoms with Crippen LogP contribution in [0.25, 0.3) is 0 Å². The van der Waals surface area contributed by atoms with Crippen LogP contribution in [0.1, 0.15) is 25.0 Å². The lowest BCUT2D eigenvalue weighted by Crippen LogP contribution is -2.39. The number of rotatable bonds is 8. The molecular formula is C18H31ClN4O2. The van der Waals surface area contributed by atoms with Gasteiger partial charge < -0.3 is 24.3 Å². The van der Waals surface area contributed by atoms with Crippen molar-refractivity contribution in [3.05, 3.63) is 23.0 Å². The zero-order valence-electron chi connectivity index (χ0n) is 15.6. The molecule has 1 N–H and O–H groups in total. The standard InChI is InChI=1S/C18H31ClN4O2/c1-20-18(23(3)13-17-11-16(19)12-22(17)2)21-7-4-8-25-14-15-5-9-24-10-6-15/h11-12,15H,4-10,13-14H2,1-3H3,(H,20,21). The summed E-state index contributed by atoms with van der Waals surface area (Å²) in [5, 5.41) is 4.15. The van der Waals surface area contributed by atoms with Gasteiger partial charge in [-0.15, -0.1) is 0 Å². The second-order valence-corrected chi connectivity index (χ2v) is 7.01. The predicted molar refractivity (Wildman–Crippen MR) is 102 cm³/mol. The average Bonchev–Trinajstić information content (AvgIpc) is 2.92. The summed E-state index contributed by atoms with van der Waals surface area (Å²) in [6.45, 7) is 4.99. The summed E-state index contributed by atoms with van der Waals surface area (Å²) in [4.78, 5) is 6.44. The molecule has 6 nitrogen and oxygen atoms in total. The van der Waals surface area contributed by atoms with E-state index >= 15 is 0 Å². The first-order chi connectivity index (χ1) is 12.1. The lowest BCUT2D eigenvalue weighted by molar-refractivity contribution is 0.0203. The Hall–Kier alpha value is -1.24. The fourth-order valence-corrected chi connectivity index (χ4v) is 3.24. The molecule has 1 saturated heterocycles. The molecular weight excluding hydrogens is 340 g/mol. The van der Waals surface area contributed by atoms with Crippen LogP contribution in [0, 0.1) is 5.92 Å². The number of aryl methyl sites for hydroxylation is 1. The van der Waals surface area contributed by atoms with Crippen molar-refractivity contribution in [2.45, 2.75) is 25.8 Å². The molecule has 1 fully saturated rings. The van der Waals surface area contributed by atoms with Gasteiger partial charge in [0.1, 0.15) is 0 Å². The van der Waals surface area contributed by atoms with Crippen LogP contribution in [0.4, 0.5) is 0 Å². The molecule has 1 aromatic heterocycles. The summed E-state index contributed by atoms with van der Waals surface area (Å²) in [5.74, 6) is 1.54. The molecule has 142 valence electrons. The summed E-state index contributed by atoms with van der Waals surface area (Å²) in [7, 11) is 5.83. The summed E-state index contributed by atoms with van der Waals surface area (Å²) >= 11 is 6.04. The molecule has 1 aromatic rings. The van der Waals surface area contributed by atoms with E-state index < -0.39 is 0 Å². The molecule has 0 aromatic carbocycles. The normalized spacial score (nSPS) is 16.2. The molecule has 25 heavy (non-hydrogen) atoms. The van der Waals surface area contributed by atoms with Crippen molar-refractivity contribution < 1.29 is 9.47 Å². The summed E-state index contributed by atoms with van der Waals surface area (Å²) in [6, 6.07) is 1.98. The van der Waals surface area contributed by atoms with E-state index in [0.29, 0.717) is 5.92 Å². The van der Waals surface area contributed by atoms with Crippen molar-refractivity contribution >= 4 is 17.6 Å². The Morgan fingerprint density at radius 2 is 2.24 bits per heavy atom. The average molecular weight is 371 g/mol. The molecule has 0 bridgehead atoms. The highest BCUT2D eigenvalue weighted by Gasteiger charge is 2.13. The maximum absolute atomic E-state index is 6.04. The van der Waals surface area contributed by atoms with Crippen molar-refractivity contribution in [3.63, 3.8) is 0 Å². The van der Waals surface area contributed by atoms with Crippen LogP contribution in [0.2, 0.25) is 5.02 Å². The van der Waals surface area contributed by atoms with Gasteiger partial charge in [0.15, 0.2) is 5.96 Å². The van der Waals surface area contributed by atoms with Gasteiger partial charge in [0.2, 0.25) is 0 Å². The second kappa shape index (κ2) is 10.7. The molecule has 1 aliphatic heterocycles. The zero-order chi connectivity index (χ0) is 18.1. The first-order valence-corrected chi connectivity index (χ1v) is 9.36. The Morgan fingerprint density at radius 1 is 1.48 bits per heavy atom. The molecule has 0 radical (unpaired) electrons. The highest BCUT2D eigenvalue weighted by atomic mass is 35.5. The molecule has 2 rings (SSSR count). The summed E-state index contributed by atoms with van der Waals surface area (Å²) in [5.41, 5.74) is 1.15. The lowest BCUT2D eigenvalue weighted by Gasteiger charge is -2.23. The molecule has 0 atom stereocenters. The van der Waals surface area contributed by atoms with E-state index in [1.54, 1.807) is 7.05 Å². The largest absolute Gasteiger partial charge is 0.381 e. The van der Waals surface area contributed by atoms with Crippen LogP contribution in [-0.4, -0.2) is 62.5 Å². The fourth-order valence-electron chi connectivity index (χ4n) is 2.96. The number of nitrogens with one attached hydrogen (secondary N) is 1. The second-order valence-electron chi connectivity index (χ2n) is 6.57. The Morgan fingerprint density at radius 3 is 2.88 bits per heavy atom. The van der Waals surface area contributed by atoms with Gasteiger partial charge in [-0.3, -0.25) is 4.99 Å². The molecule has 0 aliphatic carbocycles. The van der Waals surface area contributed by atoms with Crippen LogP contribution in [-0.2, 0) is 23.1 Å². The maximum atomic E-state index is 6.04. The SMILES string of the molecule is CN=C(NCCCOCC1CCOCC1)N(C)Cc1cc(Cl)cn1C. The van der Waals surface area contributed by atoms with Crippen molar-refractivity contribution in [3.8, 4) is 0 Å². The number of hydrogen-bond donors (Lipinski definition) is 1. The maximum Gasteiger partial charge on any atom is 0.193 e. The minimum atomic E-state index is 0.665. The Kier molecular flexibility index (Phi) is 8.58.